The Morgan fingerprint density at radius 3 is 2.75 bits per heavy atom. The van der Waals surface area contributed by atoms with E-state index in [1.807, 2.05) is 18.2 Å². The van der Waals surface area contributed by atoms with E-state index in [1.54, 1.807) is 6.20 Å². The van der Waals surface area contributed by atoms with E-state index in [0.29, 0.717) is 12.0 Å². The molecule has 1 aliphatic heterocycles. The molecule has 128 valence electrons. The Labute approximate surface area is 142 Å². The Hall–Kier alpha value is -2.21. The van der Waals surface area contributed by atoms with Crippen molar-refractivity contribution in [2.45, 2.75) is 45.8 Å². The van der Waals surface area contributed by atoms with Crippen LogP contribution in [0.25, 0.3) is 10.9 Å². The number of nitrogens with zero attached hydrogens (tertiary/aromatic N) is 3. The lowest BCUT2D eigenvalue weighted by Gasteiger charge is -2.34. The van der Waals surface area contributed by atoms with Crippen molar-refractivity contribution in [1.29, 1.82) is 0 Å². The second-order valence-corrected chi connectivity index (χ2v) is 6.52. The van der Waals surface area contributed by atoms with E-state index in [0.717, 1.165) is 42.6 Å². The van der Waals surface area contributed by atoms with E-state index in [4.69, 9.17) is 4.74 Å². The Morgan fingerprint density at radius 2 is 2.08 bits per heavy atom. The number of aromatic nitrogens is 2. The summed E-state index contributed by atoms with van der Waals surface area (Å²) in [7, 11) is 0. The molecule has 0 bridgehead atoms. The molecule has 6 heteroatoms. The van der Waals surface area contributed by atoms with Gasteiger partial charge in [0.25, 0.3) is 0 Å². The zero-order valence-corrected chi connectivity index (χ0v) is 14.5. The fourth-order valence-corrected chi connectivity index (χ4v) is 3.03. The summed E-state index contributed by atoms with van der Waals surface area (Å²) in [5, 5.41) is 3.53. The highest BCUT2D eigenvalue weighted by Gasteiger charge is 2.22. The lowest BCUT2D eigenvalue weighted by molar-refractivity contribution is -0.114. The number of carbonyl (C=O) groups is 1. The van der Waals surface area contributed by atoms with Gasteiger partial charge < -0.3 is 9.64 Å². The van der Waals surface area contributed by atoms with E-state index < -0.39 is 0 Å². The second-order valence-electron chi connectivity index (χ2n) is 6.52. The van der Waals surface area contributed by atoms with Gasteiger partial charge in [-0.15, -0.1) is 0 Å². The van der Waals surface area contributed by atoms with E-state index in [2.05, 4.69) is 34.0 Å². The fraction of sp³-hybridized carbons (Fsp3) is 0.500. The van der Waals surface area contributed by atoms with Gasteiger partial charge in [0.15, 0.2) is 0 Å². The lowest BCUT2D eigenvalue weighted by Crippen LogP contribution is -2.41. The number of likely N-dealkylation sites (tertiary alicyclic amines) is 1. The highest BCUT2D eigenvalue weighted by atomic mass is 16.5. The first-order valence-corrected chi connectivity index (χ1v) is 8.47. The molecule has 0 saturated carbocycles. The van der Waals surface area contributed by atoms with Gasteiger partial charge in [-0.25, -0.2) is 9.97 Å². The molecule has 0 unspecified atom stereocenters. The number of fused-ring (bicyclic) bond motifs is 1. The van der Waals surface area contributed by atoms with Gasteiger partial charge >= 0.3 is 0 Å². The molecule has 1 amide bonds. The summed E-state index contributed by atoms with van der Waals surface area (Å²) < 4.78 is 6.23. The SMILES string of the molecule is CC(=O)Nc1ncc2cccc(OC3CCN(C(C)C)CC3)c2n1. The Kier molecular flexibility index (Phi) is 4.94. The largest absolute Gasteiger partial charge is 0.488 e. The standard InChI is InChI=1S/C18H24N4O2/c1-12(2)22-9-7-15(8-10-22)24-16-6-4-5-14-11-19-18(20-13(3)23)21-17(14)16/h4-6,11-12,15H,7-10H2,1-3H3,(H,19,20,21,23). The van der Waals surface area contributed by atoms with Gasteiger partial charge in [-0.2, -0.15) is 0 Å². The van der Waals surface area contributed by atoms with E-state index in [9.17, 15) is 4.79 Å². The molecule has 0 aliphatic carbocycles. The molecule has 3 rings (SSSR count). The first-order valence-electron chi connectivity index (χ1n) is 8.47. The number of piperidine rings is 1. The van der Waals surface area contributed by atoms with Crippen LogP contribution in [0.4, 0.5) is 5.95 Å². The maximum Gasteiger partial charge on any atom is 0.230 e. The first-order chi connectivity index (χ1) is 11.5. The number of ether oxygens (including phenoxy) is 1. The molecule has 1 aromatic heterocycles. The minimum Gasteiger partial charge on any atom is -0.488 e. The summed E-state index contributed by atoms with van der Waals surface area (Å²) in [6, 6.07) is 6.40. The molecule has 2 aromatic rings. The molecular formula is C18H24N4O2. The van der Waals surface area contributed by atoms with Gasteiger partial charge in [-0.1, -0.05) is 12.1 Å². The van der Waals surface area contributed by atoms with Crippen LogP contribution >= 0.6 is 0 Å². The summed E-state index contributed by atoms with van der Waals surface area (Å²) in [6.07, 6.45) is 3.93. The second kappa shape index (κ2) is 7.13. The van der Waals surface area contributed by atoms with Crippen LogP contribution in [-0.4, -0.2) is 46.0 Å². The average molecular weight is 328 g/mol. The summed E-state index contributed by atoms with van der Waals surface area (Å²) >= 11 is 0. The van der Waals surface area contributed by atoms with Crippen molar-refractivity contribution in [2.75, 3.05) is 18.4 Å². The third-order valence-electron chi connectivity index (χ3n) is 4.36. The molecule has 2 heterocycles. The van der Waals surface area contributed by atoms with Crippen LogP contribution in [0.1, 0.15) is 33.6 Å². The summed E-state index contributed by atoms with van der Waals surface area (Å²) in [4.78, 5) is 22.3. The Balaban J connectivity index is 1.78. The minimum atomic E-state index is -0.186. The maximum atomic E-state index is 11.2. The summed E-state index contributed by atoms with van der Waals surface area (Å²) in [6.45, 7) is 8.01. The number of anilines is 1. The Bertz CT molecular complexity index is 724. The number of nitrogens with one attached hydrogen (secondary N) is 1. The van der Waals surface area contributed by atoms with Crippen molar-refractivity contribution in [1.82, 2.24) is 14.9 Å². The van der Waals surface area contributed by atoms with Crippen LogP contribution in [0.5, 0.6) is 5.75 Å². The molecule has 0 atom stereocenters. The molecule has 1 aliphatic rings. The van der Waals surface area contributed by atoms with Gasteiger partial charge in [0.2, 0.25) is 11.9 Å². The van der Waals surface area contributed by atoms with Crippen LogP contribution < -0.4 is 10.1 Å². The van der Waals surface area contributed by atoms with Crippen LogP contribution in [0.3, 0.4) is 0 Å². The topological polar surface area (TPSA) is 67.3 Å². The maximum absolute atomic E-state index is 11.2. The summed E-state index contributed by atoms with van der Waals surface area (Å²) in [5.74, 6) is 0.874. The van der Waals surface area contributed by atoms with E-state index in [1.165, 1.54) is 6.92 Å². The third-order valence-corrected chi connectivity index (χ3v) is 4.36. The molecule has 0 spiro atoms. The molecule has 1 fully saturated rings. The van der Waals surface area contributed by atoms with Gasteiger partial charge in [-0.05, 0) is 32.8 Å². The number of hydrogen-bond acceptors (Lipinski definition) is 5. The van der Waals surface area contributed by atoms with Crippen molar-refractivity contribution in [3.63, 3.8) is 0 Å². The van der Waals surface area contributed by atoms with E-state index >= 15 is 0 Å². The van der Waals surface area contributed by atoms with Crippen LogP contribution in [0, 0.1) is 0 Å². The highest BCUT2D eigenvalue weighted by Crippen LogP contribution is 2.27. The van der Waals surface area contributed by atoms with E-state index in [-0.39, 0.29) is 12.0 Å². The normalized spacial score (nSPS) is 16.5. The first kappa shape index (κ1) is 16.6. The van der Waals surface area contributed by atoms with Gasteiger partial charge in [-0.3, -0.25) is 10.1 Å². The van der Waals surface area contributed by atoms with Crippen molar-refractivity contribution in [3.05, 3.63) is 24.4 Å². The fourth-order valence-electron chi connectivity index (χ4n) is 3.03. The van der Waals surface area contributed by atoms with Gasteiger partial charge in [0.05, 0.1) is 0 Å². The highest BCUT2D eigenvalue weighted by molar-refractivity contribution is 5.89. The number of hydrogen-bond donors (Lipinski definition) is 1. The zero-order chi connectivity index (χ0) is 17.1. The zero-order valence-electron chi connectivity index (χ0n) is 14.5. The molecule has 1 aromatic carbocycles. The van der Waals surface area contributed by atoms with Crippen molar-refractivity contribution < 1.29 is 9.53 Å². The summed E-state index contributed by atoms with van der Waals surface area (Å²) in [5.41, 5.74) is 0.738. The number of benzene rings is 1. The molecule has 24 heavy (non-hydrogen) atoms. The Morgan fingerprint density at radius 1 is 1.33 bits per heavy atom. The molecule has 6 nitrogen and oxygen atoms in total. The van der Waals surface area contributed by atoms with Crippen molar-refractivity contribution in [3.8, 4) is 5.75 Å². The quantitative estimate of drug-likeness (QED) is 0.935. The number of amides is 1. The molecule has 0 radical (unpaired) electrons. The smallest absolute Gasteiger partial charge is 0.230 e. The van der Waals surface area contributed by atoms with Crippen molar-refractivity contribution in [2.24, 2.45) is 0 Å². The number of carbonyl (C=O) groups excluding carboxylic acids is 1. The molecule has 1 N–H and O–H groups in total. The minimum absolute atomic E-state index is 0.186. The molecule has 1 saturated heterocycles. The predicted molar refractivity (Wildman–Crippen MR) is 94.2 cm³/mol. The third kappa shape index (κ3) is 3.82. The average Bonchev–Trinajstić information content (AvgIpc) is 2.55. The van der Waals surface area contributed by atoms with Gasteiger partial charge in [0, 0.05) is 37.6 Å². The monoisotopic (exact) mass is 328 g/mol. The van der Waals surface area contributed by atoms with Crippen molar-refractivity contribution >= 4 is 22.8 Å². The van der Waals surface area contributed by atoms with Crippen LogP contribution in [0.2, 0.25) is 0 Å². The number of para-hydroxylation sites is 1. The van der Waals surface area contributed by atoms with Crippen LogP contribution in [-0.2, 0) is 4.79 Å². The number of rotatable bonds is 4. The van der Waals surface area contributed by atoms with Gasteiger partial charge in [0.1, 0.15) is 17.4 Å². The van der Waals surface area contributed by atoms with Crippen LogP contribution in [0.15, 0.2) is 24.4 Å². The lowest BCUT2D eigenvalue weighted by atomic mass is 10.1. The molecular weight excluding hydrogens is 304 g/mol. The predicted octanol–water partition coefficient (Wildman–Crippen LogP) is 2.84.